The van der Waals surface area contributed by atoms with Gasteiger partial charge in [0.2, 0.25) is 10.0 Å². The van der Waals surface area contributed by atoms with E-state index in [9.17, 15) is 17.9 Å². The van der Waals surface area contributed by atoms with Crippen LogP contribution in [0, 0.1) is 5.82 Å². The number of benzene rings is 3. The zero-order valence-corrected chi connectivity index (χ0v) is 22.7. The minimum atomic E-state index is -3.56. The summed E-state index contributed by atoms with van der Waals surface area (Å²) in [6.45, 7) is 4.39. The Morgan fingerprint density at radius 1 is 1.03 bits per heavy atom. The lowest BCUT2D eigenvalue weighted by Crippen LogP contribution is -2.46. The average molecular weight is 555 g/mol. The number of hydrogen-bond acceptors (Lipinski definition) is 6. The van der Waals surface area contributed by atoms with E-state index in [1.807, 2.05) is 38.4 Å². The van der Waals surface area contributed by atoms with Crippen molar-refractivity contribution in [2.24, 2.45) is 0 Å². The number of pyridine rings is 1. The van der Waals surface area contributed by atoms with Gasteiger partial charge in [-0.05, 0) is 78.7 Å². The summed E-state index contributed by atoms with van der Waals surface area (Å²) in [4.78, 5) is 6.95. The maximum Gasteiger partial charge on any atom is 0.243 e. The van der Waals surface area contributed by atoms with Crippen LogP contribution in [0.1, 0.15) is 12.5 Å². The van der Waals surface area contributed by atoms with E-state index in [0.717, 1.165) is 27.8 Å². The number of nitrogens with zero attached hydrogens (tertiary/aromatic N) is 3. The van der Waals surface area contributed by atoms with Crippen LogP contribution in [-0.4, -0.2) is 60.9 Å². The van der Waals surface area contributed by atoms with Crippen LogP contribution in [0.15, 0.2) is 65.7 Å². The van der Waals surface area contributed by atoms with Gasteiger partial charge in [-0.15, -0.1) is 0 Å². The smallest absolute Gasteiger partial charge is 0.243 e. The SMILES string of the molecule is CCc1cnc2ccc(-c3cc(F)c(O)c(Cl)c3)cc2c1Nc1ccc(S(=O)(=O)N2CCN(C)CC2)cc1. The van der Waals surface area contributed by atoms with Crippen LogP contribution < -0.4 is 5.32 Å². The van der Waals surface area contributed by atoms with Gasteiger partial charge in [0.1, 0.15) is 0 Å². The predicted molar refractivity (Wildman–Crippen MR) is 149 cm³/mol. The molecule has 0 atom stereocenters. The fourth-order valence-corrected chi connectivity index (χ4v) is 6.22. The van der Waals surface area contributed by atoms with Gasteiger partial charge in [-0.1, -0.05) is 24.6 Å². The molecule has 0 unspecified atom stereocenters. The Labute approximate surface area is 226 Å². The number of sulfonamides is 1. The number of fused-ring (bicyclic) bond motifs is 1. The van der Waals surface area contributed by atoms with Crippen LogP contribution in [-0.2, 0) is 16.4 Å². The number of aromatic nitrogens is 1. The minimum absolute atomic E-state index is 0.0644. The molecule has 4 aromatic rings. The van der Waals surface area contributed by atoms with Gasteiger partial charge < -0.3 is 15.3 Å². The number of rotatable bonds is 6. The molecule has 38 heavy (non-hydrogen) atoms. The highest BCUT2D eigenvalue weighted by Gasteiger charge is 2.27. The number of aryl methyl sites for hydroxylation is 1. The molecule has 0 radical (unpaired) electrons. The fourth-order valence-electron chi connectivity index (χ4n) is 4.59. The first-order valence-corrected chi connectivity index (χ1v) is 14.1. The lowest BCUT2D eigenvalue weighted by atomic mass is 10.00. The lowest BCUT2D eigenvalue weighted by molar-refractivity contribution is 0.222. The largest absolute Gasteiger partial charge is 0.504 e. The van der Waals surface area contributed by atoms with E-state index in [0.29, 0.717) is 43.7 Å². The molecule has 0 aliphatic carbocycles. The Balaban J connectivity index is 1.49. The van der Waals surface area contributed by atoms with E-state index in [2.05, 4.69) is 15.2 Å². The monoisotopic (exact) mass is 554 g/mol. The molecule has 198 valence electrons. The number of phenolic OH excluding ortho intramolecular Hbond substituents is 1. The Morgan fingerprint density at radius 2 is 1.74 bits per heavy atom. The van der Waals surface area contributed by atoms with Gasteiger partial charge >= 0.3 is 0 Å². The van der Waals surface area contributed by atoms with Gasteiger partial charge in [0.15, 0.2) is 11.6 Å². The Morgan fingerprint density at radius 3 is 2.39 bits per heavy atom. The second-order valence-electron chi connectivity index (χ2n) is 9.39. The Kier molecular flexibility index (Phi) is 7.28. The van der Waals surface area contributed by atoms with Crippen LogP contribution in [0.5, 0.6) is 5.75 Å². The normalized spacial score (nSPS) is 15.2. The summed E-state index contributed by atoms with van der Waals surface area (Å²) in [6, 6.07) is 15.1. The maximum absolute atomic E-state index is 14.2. The van der Waals surface area contributed by atoms with Gasteiger partial charge in [-0.25, -0.2) is 12.8 Å². The minimum Gasteiger partial charge on any atom is -0.504 e. The second kappa shape index (κ2) is 10.5. The number of hydrogen-bond donors (Lipinski definition) is 2. The van der Waals surface area contributed by atoms with Crippen molar-refractivity contribution in [3.63, 3.8) is 0 Å². The molecule has 1 aliphatic heterocycles. The van der Waals surface area contributed by atoms with E-state index in [4.69, 9.17) is 11.6 Å². The van der Waals surface area contributed by atoms with E-state index in [1.165, 1.54) is 16.4 Å². The number of anilines is 2. The van der Waals surface area contributed by atoms with Crippen molar-refractivity contribution in [2.45, 2.75) is 18.2 Å². The number of nitrogens with one attached hydrogen (secondary N) is 1. The molecule has 0 saturated carbocycles. The first kappa shape index (κ1) is 26.4. The zero-order chi connectivity index (χ0) is 27.0. The van der Waals surface area contributed by atoms with E-state index in [1.54, 1.807) is 24.3 Å². The topological polar surface area (TPSA) is 85.8 Å². The van der Waals surface area contributed by atoms with Gasteiger partial charge in [-0.2, -0.15) is 4.31 Å². The summed E-state index contributed by atoms with van der Waals surface area (Å²) < 4.78 is 41.9. The molecule has 2 heterocycles. The van der Waals surface area contributed by atoms with E-state index >= 15 is 0 Å². The quantitative estimate of drug-likeness (QED) is 0.321. The molecule has 0 bridgehead atoms. The third kappa shape index (κ3) is 5.07. The van der Waals surface area contributed by atoms with Crippen LogP contribution in [0.4, 0.5) is 15.8 Å². The molecule has 0 amide bonds. The van der Waals surface area contributed by atoms with Gasteiger partial charge in [0, 0.05) is 43.4 Å². The van der Waals surface area contributed by atoms with E-state index in [-0.39, 0.29) is 9.92 Å². The number of phenols is 1. The van der Waals surface area contributed by atoms with Crippen molar-refractivity contribution in [1.82, 2.24) is 14.2 Å². The second-order valence-corrected chi connectivity index (χ2v) is 11.7. The molecule has 10 heteroatoms. The maximum atomic E-state index is 14.2. The number of likely N-dealkylation sites (N-methyl/N-ethyl adjacent to an activating group) is 1. The highest BCUT2D eigenvalue weighted by atomic mass is 35.5. The number of aromatic hydroxyl groups is 1. The first-order valence-electron chi connectivity index (χ1n) is 12.3. The third-order valence-corrected chi connectivity index (χ3v) is 9.10. The van der Waals surface area contributed by atoms with Crippen LogP contribution in [0.25, 0.3) is 22.0 Å². The summed E-state index contributed by atoms with van der Waals surface area (Å²) in [5.41, 5.74) is 4.52. The standard InChI is InChI=1S/C28H28ClFN4O3S/c1-3-18-17-31-26-9-4-19(20-15-24(29)28(35)25(30)16-20)14-23(26)27(18)32-21-5-7-22(8-6-21)38(36,37)34-12-10-33(2)11-13-34/h4-9,14-17,35H,3,10-13H2,1-2H3,(H,31,32). The fraction of sp³-hybridized carbons (Fsp3) is 0.250. The molecular weight excluding hydrogens is 527 g/mol. The van der Waals surface area contributed by atoms with Crippen molar-refractivity contribution < 1.29 is 17.9 Å². The summed E-state index contributed by atoms with van der Waals surface area (Å²) in [7, 11) is -1.57. The summed E-state index contributed by atoms with van der Waals surface area (Å²) >= 11 is 6.01. The van der Waals surface area contributed by atoms with Crippen molar-refractivity contribution >= 4 is 43.9 Å². The molecule has 7 nitrogen and oxygen atoms in total. The number of halogens is 2. The van der Waals surface area contributed by atoms with Crippen molar-refractivity contribution in [2.75, 3.05) is 38.5 Å². The summed E-state index contributed by atoms with van der Waals surface area (Å²) in [6.07, 6.45) is 2.53. The van der Waals surface area contributed by atoms with Gasteiger partial charge in [0.05, 0.1) is 21.1 Å². The van der Waals surface area contributed by atoms with Gasteiger partial charge in [-0.3, -0.25) is 4.98 Å². The highest BCUT2D eigenvalue weighted by Crippen LogP contribution is 2.36. The average Bonchev–Trinajstić information content (AvgIpc) is 2.92. The number of piperazine rings is 1. The molecule has 2 N–H and O–H groups in total. The van der Waals surface area contributed by atoms with Crippen molar-refractivity contribution in [1.29, 1.82) is 0 Å². The highest BCUT2D eigenvalue weighted by molar-refractivity contribution is 7.89. The van der Waals surface area contributed by atoms with E-state index < -0.39 is 21.6 Å². The summed E-state index contributed by atoms with van der Waals surface area (Å²) in [5, 5.41) is 13.9. The Bertz CT molecular complexity index is 1580. The molecule has 1 aliphatic rings. The van der Waals surface area contributed by atoms with Crippen LogP contribution in [0.2, 0.25) is 5.02 Å². The molecule has 3 aromatic carbocycles. The first-order chi connectivity index (χ1) is 18.2. The molecule has 1 aromatic heterocycles. The van der Waals surface area contributed by atoms with Crippen molar-refractivity contribution in [3.05, 3.63) is 77.2 Å². The Hall–Kier alpha value is -3.24. The molecule has 5 rings (SSSR count). The zero-order valence-electron chi connectivity index (χ0n) is 21.1. The van der Waals surface area contributed by atoms with Crippen LogP contribution >= 0.6 is 11.6 Å². The molecule has 0 spiro atoms. The van der Waals surface area contributed by atoms with Gasteiger partial charge in [0.25, 0.3) is 0 Å². The lowest BCUT2D eigenvalue weighted by Gasteiger charge is -2.31. The molecule has 1 saturated heterocycles. The third-order valence-electron chi connectivity index (χ3n) is 6.90. The van der Waals surface area contributed by atoms with Crippen molar-refractivity contribution in [3.8, 4) is 16.9 Å². The van der Waals surface area contributed by atoms with Crippen LogP contribution in [0.3, 0.4) is 0 Å². The molecular formula is C28H28ClFN4O3S. The predicted octanol–water partition coefficient (Wildman–Crippen LogP) is 5.64. The summed E-state index contributed by atoms with van der Waals surface area (Å²) in [5.74, 6) is -1.37. The molecule has 1 fully saturated rings.